The number of hydrogen-bond acceptors (Lipinski definition) is 2. The van der Waals surface area contributed by atoms with Crippen molar-refractivity contribution in [3.05, 3.63) is 40.2 Å². The molecule has 2 aromatic heterocycles. The third-order valence-corrected chi connectivity index (χ3v) is 3.25. The Morgan fingerprint density at radius 3 is 2.71 bits per heavy atom. The van der Waals surface area contributed by atoms with Gasteiger partial charge in [-0.15, -0.1) is 0 Å². The first kappa shape index (κ1) is 10.1. The largest absolute Gasteiger partial charge is 0.341 e. The van der Waals surface area contributed by atoms with Gasteiger partial charge in [0.05, 0.1) is 17.2 Å². The molecular weight excluding hydrogens is 214 g/mol. The van der Waals surface area contributed by atoms with E-state index in [-0.39, 0.29) is 5.43 Å². The van der Waals surface area contributed by atoms with Crippen molar-refractivity contribution in [3.63, 3.8) is 0 Å². The summed E-state index contributed by atoms with van der Waals surface area (Å²) >= 11 is 0. The summed E-state index contributed by atoms with van der Waals surface area (Å²) in [6.07, 6.45) is 1.73. The summed E-state index contributed by atoms with van der Waals surface area (Å²) < 4.78 is 3.65. The number of rotatable bonds is 0. The number of hydrogen-bond donors (Lipinski definition) is 0. The summed E-state index contributed by atoms with van der Waals surface area (Å²) in [5.74, 6) is 0. The van der Waals surface area contributed by atoms with Crippen molar-refractivity contribution in [2.75, 3.05) is 0 Å². The third-order valence-electron chi connectivity index (χ3n) is 3.25. The molecule has 0 atom stereocenters. The van der Waals surface area contributed by atoms with Crippen LogP contribution in [-0.2, 0) is 14.1 Å². The molecule has 17 heavy (non-hydrogen) atoms. The van der Waals surface area contributed by atoms with Gasteiger partial charge in [-0.1, -0.05) is 11.6 Å². The highest BCUT2D eigenvalue weighted by atomic mass is 16.1. The summed E-state index contributed by atoms with van der Waals surface area (Å²) in [6, 6.07) is 5.94. The SMILES string of the molecule is Cc1ccc2c(c1)c(=O)c1c(cnn1C)n2C. The van der Waals surface area contributed by atoms with Crippen LogP contribution in [0.4, 0.5) is 0 Å². The molecule has 2 heterocycles. The zero-order valence-electron chi connectivity index (χ0n) is 10.1. The molecule has 0 bridgehead atoms. The van der Waals surface area contributed by atoms with Crippen molar-refractivity contribution in [1.82, 2.24) is 14.3 Å². The van der Waals surface area contributed by atoms with E-state index < -0.39 is 0 Å². The average Bonchev–Trinajstić information content (AvgIpc) is 2.68. The first-order chi connectivity index (χ1) is 8.09. The van der Waals surface area contributed by atoms with Crippen LogP contribution in [0.2, 0.25) is 0 Å². The molecule has 0 saturated carbocycles. The van der Waals surface area contributed by atoms with Crippen molar-refractivity contribution < 1.29 is 0 Å². The Morgan fingerprint density at radius 1 is 1.18 bits per heavy atom. The monoisotopic (exact) mass is 227 g/mol. The number of aryl methyl sites for hydroxylation is 3. The van der Waals surface area contributed by atoms with Crippen molar-refractivity contribution in [2.45, 2.75) is 6.92 Å². The van der Waals surface area contributed by atoms with Gasteiger partial charge in [0, 0.05) is 19.5 Å². The summed E-state index contributed by atoms with van der Waals surface area (Å²) in [6.45, 7) is 1.99. The van der Waals surface area contributed by atoms with Gasteiger partial charge in [-0.2, -0.15) is 5.10 Å². The molecular formula is C13H13N3O. The maximum Gasteiger partial charge on any atom is 0.215 e. The molecule has 3 rings (SSSR count). The van der Waals surface area contributed by atoms with Crippen molar-refractivity contribution in [1.29, 1.82) is 0 Å². The van der Waals surface area contributed by atoms with Gasteiger partial charge in [0.2, 0.25) is 5.43 Å². The predicted octanol–water partition coefficient (Wildman–Crippen LogP) is 1.73. The van der Waals surface area contributed by atoms with Gasteiger partial charge in [0.25, 0.3) is 0 Å². The fraction of sp³-hybridized carbons (Fsp3) is 0.231. The van der Waals surface area contributed by atoms with Gasteiger partial charge in [0.15, 0.2) is 0 Å². The molecule has 0 aliphatic rings. The Balaban J connectivity index is 2.70. The molecule has 0 spiro atoms. The van der Waals surface area contributed by atoms with E-state index in [1.165, 1.54) is 0 Å². The lowest BCUT2D eigenvalue weighted by Crippen LogP contribution is -2.11. The van der Waals surface area contributed by atoms with Crippen molar-refractivity contribution >= 4 is 21.9 Å². The topological polar surface area (TPSA) is 39.8 Å². The van der Waals surface area contributed by atoms with E-state index in [0.717, 1.165) is 22.0 Å². The second kappa shape index (κ2) is 3.20. The predicted molar refractivity (Wildman–Crippen MR) is 68.2 cm³/mol. The summed E-state index contributed by atoms with van der Waals surface area (Å²) in [5.41, 5.74) is 3.62. The Kier molecular flexibility index (Phi) is 1.90. The second-order valence-corrected chi connectivity index (χ2v) is 4.41. The third kappa shape index (κ3) is 1.24. The van der Waals surface area contributed by atoms with Crippen molar-refractivity contribution in [2.24, 2.45) is 14.1 Å². The Bertz CT molecular complexity index is 796. The van der Waals surface area contributed by atoms with Crippen LogP contribution >= 0.6 is 0 Å². The van der Waals surface area contributed by atoms with Gasteiger partial charge < -0.3 is 4.57 Å². The minimum atomic E-state index is 0.0526. The van der Waals surface area contributed by atoms with E-state index >= 15 is 0 Å². The maximum atomic E-state index is 12.4. The molecule has 0 aliphatic carbocycles. The molecule has 0 aliphatic heterocycles. The highest BCUT2D eigenvalue weighted by Crippen LogP contribution is 2.18. The number of nitrogens with zero attached hydrogens (tertiary/aromatic N) is 3. The first-order valence-electron chi connectivity index (χ1n) is 5.50. The van der Waals surface area contributed by atoms with Crippen LogP contribution in [0, 0.1) is 6.92 Å². The minimum absolute atomic E-state index is 0.0526. The normalized spacial score (nSPS) is 11.5. The molecule has 4 heteroatoms. The summed E-state index contributed by atoms with van der Waals surface area (Å²) in [5, 5.41) is 4.91. The van der Waals surface area contributed by atoms with Gasteiger partial charge in [-0.25, -0.2) is 0 Å². The Hall–Kier alpha value is -2.10. The van der Waals surface area contributed by atoms with E-state index in [1.807, 2.05) is 36.7 Å². The Labute approximate surface area is 98.1 Å². The van der Waals surface area contributed by atoms with Crippen LogP contribution in [0.15, 0.2) is 29.2 Å². The van der Waals surface area contributed by atoms with Crippen molar-refractivity contribution in [3.8, 4) is 0 Å². The quantitative estimate of drug-likeness (QED) is 0.587. The molecule has 0 amide bonds. The molecule has 4 nitrogen and oxygen atoms in total. The number of aromatic nitrogens is 3. The van der Waals surface area contributed by atoms with E-state index in [4.69, 9.17) is 0 Å². The number of benzene rings is 1. The molecule has 0 fully saturated rings. The van der Waals surface area contributed by atoms with E-state index in [0.29, 0.717) is 5.52 Å². The highest BCUT2D eigenvalue weighted by molar-refractivity contribution is 5.91. The molecule has 0 N–H and O–H groups in total. The van der Waals surface area contributed by atoms with Crippen LogP contribution in [0.1, 0.15) is 5.56 Å². The van der Waals surface area contributed by atoms with Crippen LogP contribution in [0.3, 0.4) is 0 Å². The molecule has 1 aromatic carbocycles. The van der Waals surface area contributed by atoms with Gasteiger partial charge in [0.1, 0.15) is 5.52 Å². The van der Waals surface area contributed by atoms with Crippen LogP contribution in [0.25, 0.3) is 21.9 Å². The van der Waals surface area contributed by atoms with Gasteiger partial charge in [-0.3, -0.25) is 9.48 Å². The zero-order chi connectivity index (χ0) is 12.2. The lowest BCUT2D eigenvalue weighted by molar-refractivity contribution is 0.795. The maximum absolute atomic E-state index is 12.4. The fourth-order valence-corrected chi connectivity index (χ4v) is 2.32. The van der Waals surface area contributed by atoms with Crippen LogP contribution < -0.4 is 5.43 Å². The number of fused-ring (bicyclic) bond motifs is 2. The lowest BCUT2D eigenvalue weighted by atomic mass is 10.1. The van der Waals surface area contributed by atoms with E-state index in [9.17, 15) is 4.79 Å². The zero-order valence-corrected chi connectivity index (χ0v) is 10.1. The van der Waals surface area contributed by atoms with E-state index in [1.54, 1.807) is 17.9 Å². The summed E-state index contributed by atoms with van der Waals surface area (Å²) in [4.78, 5) is 12.4. The molecule has 0 radical (unpaired) electrons. The Morgan fingerprint density at radius 2 is 1.94 bits per heavy atom. The number of pyridine rings is 1. The highest BCUT2D eigenvalue weighted by Gasteiger charge is 2.11. The first-order valence-corrected chi connectivity index (χ1v) is 5.50. The standard InChI is InChI=1S/C13H13N3O/c1-8-4-5-10-9(6-8)13(17)12-11(15(10)2)7-14-16(12)3/h4-7H,1-3H3. The second-order valence-electron chi connectivity index (χ2n) is 4.41. The summed E-state index contributed by atoms with van der Waals surface area (Å²) in [7, 11) is 3.76. The van der Waals surface area contributed by atoms with Crippen LogP contribution in [-0.4, -0.2) is 14.3 Å². The van der Waals surface area contributed by atoms with E-state index in [2.05, 4.69) is 5.10 Å². The average molecular weight is 227 g/mol. The van der Waals surface area contributed by atoms with Crippen LogP contribution in [0.5, 0.6) is 0 Å². The van der Waals surface area contributed by atoms with Gasteiger partial charge in [-0.05, 0) is 19.1 Å². The smallest absolute Gasteiger partial charge is 0.215 e. The lowest BCUT2D eigenvalue weighted by Gasteiger charge is -2.07. The minimum Gasteiger partial charge on any atom is -0.341 e. The molecule has 3 aromatic rings. The molecule has 86 valence electrons. The molecule has 0 saturated heterocycles. The molecule has 0 unspecified atom stereocenters. The van der Waals surface area contributed by atoms with Gasteiger partial charge >= 0.3 is 0 Å². The fourth-order valence-electron chi connectivity index (χ4n) is 2.32.